The highest BCUT2D eigenvalue weighted by molar-refractivity contribution is 7.16. The number of anilines is 1. The fraction of sp³-hybridized carbons (Fsp3) is 0.231. The number of hydrogen-bond donors (Lipinski definition) is 0. The average molecular weight is 281 g/mol. The van der Waals surface area contributed by atoms with Gasteiger partial charge in [0.25, 0.3) is 0 Å². The molecule has 0 radical (unpaired) electrons. The Labute approximate surface area is 115 Å². The maximum Gasteiger partial charge on any atom is 0.151 e. The number of pyridine rings is 1. The largest absolute Gasteiger partial charge is 0.354 e. The minimum Gasteiger partial charge on any atom is -0.354 e. The van der Waals surface area contributed by atoms with E-state index in [1.165, 1.54) is 4.88 Å². The van der Waals surface area contributed by atoms with Gasteiger partial charge in [-0.3, -0.25) is 4.79 Å². The van der Waals surface area contributed by atoms with E-state index in [1.54, 1.807) is 17.5 Å². The van der Waals surface area contributed by atoms with Crippen LogP contribution in [0.25, 0.3) is 0 Å². The molecule has 0 saturated heterocycles. The zero-order valence-electron chi connectivity index (χ0n) is 10.2. The predicted molar refractivity (Wildman–Crippen MR) is 75.8 cm³/mol. The lowest BCUT2D eigenvalue weighted by Gasteiger charge is -2.19. The van der Waals surface area contributed by atoms with Gasteiger partial charge in [0.1, 0.15) is 5.82 Å². The van der Waals surface area contributed by atoms with Crippen molar-refractivity contribution in [3.63, 3.8) is 0 Å². The van der Waals surface area contributed by atoms with Crippen LogP contribution in [0, 0.1) is 6.92 Å². The van der Waals surface area contributed by atoms with Crippen molar-refractivity contribution in [1.82, 2.24) is 4.98 Å². The molecule has 0 saturated carbocycles. The molecular formula is C13H13ClN2OS. The molecule has 2 aromatic rings. The first-order chi connectivity index (χ1) is 8.60. The lowest BCUT2D eigenvalue weighted by molar-refractivity contribution is 0.112. The first-order valence-electron chi connectivity index (χ1n) is 5.47. The van der Waals surface area contributed by atoms with E-state index < -0.39 is 0 Å². The summed E-state index contributed by atoms with van der Waals surface area (Å²) < 4.78 is 0.791. The summed E-state index contributed by atoms with van der Waals surface area (Å²) in [6, 6.07) is 5.75. The molecule has 0 aromatic carbocycles. The van der Waals surface area contributed by atoms with Gasteiger partial charge >= 0.3 is 0 Å². The molecule has 0 aliphatic carbocycles. The highest BCUT2D eigenvalue weighted by atomic mass is 35.5. The van der Waals surface area contributed by atoms with Gasteiger partial charge in [-0.15, -0.1) is 11.3 Å². The SMILES string of the molecule is Cc1cc(C=O)cnc1N(C)Cc1ccc(Cl)s1. The van der Waals surface area contributed by atoms with E-state index in [2.05, 4.69) is 4.98 Å². The minimum absolute atomic E-state index is 0.601. The van der Waals surface area contributed by atoms with Gasteiger partial charge < -0.3 is 4.90 Å². The van der Waals surface area contributed by atoms with Crippen LogP contribution in [-0.4, -0.2) is 18.3 Å². The van der Waals surface area contributed by atoms with Crippen molar-refractivity contribution in [3.05, 3.63) is 44.7 Å². The Morgan fingerprint density at radius 2 is 2.28 bits per heavy atom. The molecule has 0 aliphatic heterocycles. The van der Waals surface area contributed by atoms with Gasteiger partial charge in [-0.25, -0.2) is 4.98 Å². The normalized spacial score (nSPS) is 10.4. The molecule has 2 heterocycles. The topological polar surface area (TPSA) is 33.2 Å². The van der Waals surface area contributed by atoms with Crippen LogP contribution < -0.4 is 4.90 Å². The summed E-state index contributed by atoms with van der Waals surface area (Å²) >= 11 is 7.47. The summed E-state index contributed by atoms with van der Waals surface area (Å²) in [7, 11) is 1.98. The standard InChI is InChI=1S/C13H13ClN2OS/c1-9-5-10(8-17)6-15-13(9)16(2)7-11-3-4-12(14)18-11/h3-6,8H,7H2,1-2H3. The number of carbonyl (C=O) groups is 1. The van der Waals surface area contributed by atoms with Gasteiger partial charge in [-0.05, 0) is 30.7 Å². The first kappa shape index (κ1) is 13.1. The predicted octanol–water partition coefficient (Wildman–Crippen LogP) is 3.55. The van der Waals surface area contributed by atoms with Crippen molar-refractivity contribution >= 4 is 35.0 Å². The summed E-state index contributed by atoms with van der Waals surface area (Å²) in [4.78, 5) is 18.2. The van der Waals surface area contributed by atoms with Gasteiger partial charge in [-0.1, -0.05) is 11.6 Å². The smallest absolute Gasteiger partial charge is 0.151 e. The lowest BCUT2D eigenvalue weighted by atomic mass is 10.2. The number of nitrogens with zero attached hydrogens (tertiary/aromatic N) is 2. The van der Waals surface area contributed by atoms with Crippen LogP contribution in [0.15, 0.2) is 24.4 Å². The van der Waals surface area contributed by atoms with Gasteiger partial charge in [0.2, 0.25) is 0 Å². The third-order valence-corrected chi connectivity index (χ3v) is 3.81. The van der Waals surface area contributed by atoms with E-state index in [0.717, 1.165) is 28.5 Å². The fourth-order valence-electron chi connectivity index (χ4n) is 1.80. The third kappa shape index (κ3) is 2.89. The molecule has 0 atom stereocenters. The van der Waals surface area contributed by atoms with Gasteiger partial charge in [0.05, 0.1) is 10.9 Å². The van der Waals surface area contributed by atoms with E-state index in [4.69, 9.17) is 11.6 Å². The third-order valence-electron chi connectivity index (χ3n) is 2.59. The Morgan fingerprint density at radius 3 is 2.83 bits per heavy atom. The van der Waals surface area contributed by atoms with E-state index >= 15 is 0 Å². The Kier molecular flexibility index (Phi) is 3.99. The molecule has 0 N–H and O–H groups in total. The lowest BCUT2D eigenvalue weighted by Crippen LogP contribution is -2.18. The number of halogens is 1. The molecule has 0 amide bonds. The van der Waals surface area contributed by atoms with Crippen molar-refractivity contribution < 1.29 is 4.79 Å². The molecule has 2 aromatic heterocycles. The quantitative estimate of drug-likeness (QED) is 0.803. The second-order valence-electron chi connectivity index (χ2n) is 4.09. The summed E-state index contributed by atoms with van der Waals surface area (Å²) in [5, 5.41) is 0. The zero-order valence-corrected chi connectivity index (χ0v) is 11.8. The van der Waals surface area contributed by atoms with E-state index in [-0.39, 0.29) is 0 Å². The van der Waals surface area contributed by atoms with Gasteiger partial charge in [0, 0.05) is 23.7 Å². The van der Waals surface area contributed by atoms with E-state index in [9.17, 15) is 4.79 Å². The average Bonchev–Trinajstić information content (AvgIpc) is 2.74. The number of aromatic nitrogens is 1. The van der Waals surface area contributed by atoms with Crippen LogP contribution in [0.3, 0.4) is 0 Å². The highest BCUT2D eigenvalue weighted by Gasteiger charge is 2.09. The van der Waals surface area contributed by atoms with Crippen LogP contribution in [-0.2, 0) is 6.54 Å². The Balaban J connectivity index is 2.18. The number of aldehydes is 1. The molecule has 0 unspecified atom stereocenters. The molecule has 0 aliphatic rings. The molecule has 0 spiro atoms. The molecule has 18 heavy (non-hydrogen) atoms. The Morgan fingerprint density at radius 1 is 1.50 bits per heavy atom. The molecule has 94 valence electrons. The van der Waals surface area contributed by atoms with Crippen molar-refractivity contribution in [1.29, 1.82) is 0 Å². The maximum absolute atomic E-state index is 10.7. The number of rotatable bonds is 4. The van der Waals surface area contributed by atoms with Crippen molar-refractivity contribution in [3.8, 4) is 0 Å². The van der Waals surface area contributed by atoms with Crippen LogP contribution in [0.2, 0.25) is 4.34 Å². The van der Waals surface area contributed by atoms with Crippen molar-refractivity contribution in [2.24, 2.45) is 0 Å². The number of hydrogen-bond acceptors (Lipinski definition) is 4. The maximum atomic E-state index is 10.7. The number of carbonyl (C=O) groups excluding carboxylic acids is 1. The second kappa shape index (κ2) is 5.50. The molecular weight excluding hydrogens is 268 g/mol. The molecule has 0 bridgehead atoms. The van der Waals surface area contributed by atoms with Crippen LogP contribution >= 0.6 is 22.9 Å². The molecule has 0 fully saturated rings. The Hall–Kier alpha value is -1.39. The summed E-state index contributed by atoms with van der Waals surface area (Å²) in [5.74, 6) is 0.880. The summed E-state index contributed by atoms with van der Waals surface area (Å²) in [5.41, 5.74) is 1.59. The minimum atomic E-state index is 0.601. The van der Waals surface area contributed by atoms with Gasteiger partial charge in [0.15, 0.2) is 6.29 Å². The number of aryl methyl sites for hydroxylation is 1. The molecule has 3 nitrogen and oxygen atoms in total. The molecule has 2 rings (SSSR count). The van der Waals surface area contributed by atoms with Crippen LogP contribution in [0.5, 0.6) is 0 Å². The monoisotopic (exact) mass is 280 g/mol. The van der Waals surface area contributed by atoms with Crippen LogP contribution in [0.4, 0.5) is 5.82 Å². The first-order valence-corrected chi connectivity index (χ1v) is 6.67. The Bertz CT molecular complexity index is 568. The fourth-order valence-corrected chi connectivity index (χ4v) is 2.94. The van der Waals surface area contributed by atoms with E-state index in [1.807, 2.05) is 37.1 Å². The van der Waals surface area contributed by atoms with Gasteiger partial charge in [-0.2, -0.15) is 0 Å². The van der Waals surface area contributed by atoms with Crippen molar-refractivity contribution in [2.75, 3.05) is 11.9 Å². The molecule has 5 heteroatoms. The summed E-state index contributed by atoms with van der Waals surface area (Å²) in [6.45, 7) is 2.71. The number of thiophene rings is 1. The second-order valence-corrected chi connectivity index (χ2v) is 5.89. The van der Waals surface area contributed by atoms with E-state index in [0.29, 0.717) is 5.56 Å². The highest BCUT2D eigenvalue weighted by Crippen LogP contribution is 2.24. The van der Waals surface area contributed by atoms with Crippen molar-refractivity contribution in [2.45, 2.75) is 13.5 Å². The summed E-state index contributed by atoms with van der Waals surface area (Å²) in [6.07, 6.45) is 2.40. The zero-order chi connectivity index (χ0) is 13.1. The van der Waals surface area contributed by atoms with Crippen LogP contribution in [0.1, 0.15) is 20.8 Å².